The van der Waals surface area contributed by atoms with Gasteiger partial charge in [-0.25, -0.2) is 0 Å². The Kier molecular flexibility index (Phi) is 2.85. The summed E-state index contributed by atoms with van der Waals surface area (Å²) in [7, 11) is 0. The summed E-state index contributed by atoms with van der Waals surface area (Å²) >= 11 is 0. The standard InChI is InChI=1S/C17H17NO5/c19-13-12(14(20)16(22)17(23)15(13)21)11-5-9-7-1-3-8(4-2-7)10(9)6-18-11/h5-8,19-23H,1-4H2. The predicted octanol–water partition coefficient (Wildman–Crippen LogP) is 3.03. The summed E-state index contributed by atoms with van der Waals surface area (Å²) in [5.74, 6) is -3.16. The van der Waals surface area contributed by atoms with Crippen LogP contribution in [0.1, 0.15) is 48.6 Å². The lowest BCUT2D eigenvalue weighted by Gasteiger charge is -2.38. The number of rotatable bonds is 1. The predicted molar refractivity (Wildman–Crippen MR) is 81.9 cm³/mol. The topological polar surface area (TPSA) is 114 Å². The van der Waals surface area contributed by atoms with E-state index in [1.807, 2.05) is 0 Å². The van der Waals surface area contributed by atoms with Gasteiger partial charge in [0.05, 0.1) is 11.3 Å². The molecule has 0 unspecified atom stereocenters. The van der Waals surface area contributed by atoms with Crippen LogP contribution >= 0.6 is 0 Å². The maximum absolute atomic E-state index is 10.1. The summed E-state index contributed by atoms with van der Waals surface area (Å²) in [5.41, 5.74) is 2.45. The molecule has 6 heteroatoms. The third-order valence-electron chi connectivity index (χ3n) is 5.20. The van der Waals surface area contributed by atoms with E-state index in [0.29, 0.717) is 11.8 Å². The van der Waals surface area contributed by atoms with Crippen molar-refractivity contribution in [1.29, 1.82) is 0 Å². The normalized spacial score (nSPS) is 22.1. The first-order chi connectivity index (χ1) is 11.0. The van der Waals surface area contributed by atoms with Crippen molar-refractivity contribution in [2.75, 3.05) is 0 Å². The van der Waals surface area contributed by atoms with E-state index >= 15 is 0 Å². The van der Waals surface area contributed by atoms with Gasteiger partial charge < -0.3 is 25.5 Å². The van der Waals surface area contributed by atoms with Crippen molar-refractivity contribution >= 4 is 0 Å². The number of phenols is 5. The van der Waals surface area contributed by atoms with Gasteiger partial charge >= 0.3 is 0 Å². The van der Waals surface area contributed by atoms with E-state index in [0.717, 1.165) is 31.2 Å². The van der Waals surface area contributed by atoms with Crippen LogP contribution in [0.2, 0.25) is 0 Å². The molecular weight excluding hydrogens is 298 g/mol. The van der Waals surface area contributed by atoms with Crippen LogP contribution in [-0.2, 0) is 0 Å². The number of pyridine rings is 1. The minimum atomic E-state index is -0.958. The fourth-order valence-electron chi connectivity index (χ4n) is 3.96. The molecule has 3 aliphatic rings. The van der Waals surface area contributed by atoms with Crippen LogP contribution in [0.15, 0.2) is 12.3 Å². The zero-order chi connectivity index (χ0) is 16.3. The molecule has 0 aliphatic heterocycles. The Morgan fingerprint density at radius 2 is 1.17 bits per heavy atom. The lowest BCUT2D eigenvalue weighted by Crippen LogP contribution is -2.21. The monoisotopic (exact) mass is 315 g/mol. The van der Waals surface area contributed by atoms with E-state index in [9.17, 15) is 25.5 Å². The number of hydrogen-bond acceptors (Lipinski definition) is 6. The molecule has 5 rings (SSSR count). The van der Waals surface area contributed by atoms with Crippen LogP contribution in [0.4, 0.5) is 0 Å². The first-order valence-electron chi connectivity index (χ1n) is 7.68. The number of nitrogens with zero attached hydrogens (tertiary/aromatic N) is 1. The van der Waals surface area contributed by atoms with Crippen molar-refractivity contribution in [2.24, 2.45) is 0 Å². The van der Waals surface area contributed by atoms with Crippen molar-refractivity contribution < 1.29 is 25.5 Å². The Hall–Kier alpha value is -2.63. The SMILES string of the molecule is Oc1c(O)c(O)c(-c2cc3c(cn2)C2CCC3CC2)c(O)c1O. The second-order valence-corrected chi connectivity index (χ2v) is 6.37. The average Bonchev–Trinajstić information content (AvgIpc) is 2.59. The van der Waals surface area contributed by atoms with Gasteiger partial charge in [0, 0.05) is 6.20 Å². The molecule has 1 aromatic heterocycles. The minimum absolute atomic E-state index is 0.179. The van der Waals surface area contributed by atoms with E-state index in [-0.39, 0.29) is 11.3 Å². The third-order valence-corrected chi connectivity index (χ3v) is 5.20. The number of hydrogen-bond donors (Lipinski definition) is 5. The molecule has 0 saturated heterocycles. The van der Waals surface area contributed by atoms with Crippen molar-refractivity contribution in [2.45, 2.75) is 37.5 Å². The second kappa shape index (κ2) is 4.68. The van der Waals surface area contributed by atoms with Crippen LogP contribution < -0.4 is 0 Å². The lowest BCUT2D eigenvalue weighted by molar-refractivity contribution is 0.330. The Balaban J connectivity index is 1.92. The maximum Gasteiger partial charge on any atom is 0.208 e. The summed E-state index contributed by atoms with van der Waals surface area (Å²) in [5, 5.41) is 49.0. The highest BCUT2D eigenvalue weighted by atomic mass is 16.4. The van der Waals surface area contributed by atoms with Crippen LogP contribution in [0.3, 0.4) is 0 Å². The molecule has 0 atom stereocenters. The van der Waals surface area contributed by atoms with Gasteiger partial charge in [-0.3, -0.25) is 4.98 Å². The van der Waals surface area contributed by atoms with Crippen LogP contribution in [0, 0.1) is 0 Å². The van der Waals surface area contributed by atoms with Gasteiger partial charge in [0.2, 0.25) is 17.2 Å². The molecule has 2 bridgehead atoms. The summed E-state index contributed by atoms with van der Waals surface area (Å²) in [4.78, 5) is 4.29. The Bertz CT molecular complexity index is 780. The summed E-state index contributed by atoms with van der Waals surface area (Å²) in [6.07, 6.45) is 6.31. The quantitative estimate of drug-likeness (QED) is 0.408. The molecule has 120 valence electrons. The van der Waals surface area contributed by atoms with E-state index in [2.05, 4.69) is 4.98 Å². The van der Waals surface area contributed by atoms with Gasteiger partial charge in [-0.1, -0.05) is 0 Å². The molecule has 5 N–H and O–H groups in total. The van der Waals surface area contributed by atoms with Crippen LogP contribution in [0.25, 0.3) is 11.3 Å². The van der Waals surface area contributed by atoms with Crippen molar-refractivity contribution in [3.63, 3.8) is 0 Å². The molecule has 1 aromatic carbocycles. The smallest absolute Gasteiger partial charge is 0.208 e. The van der Waals surface area contributed by atoms with Crippen molar-refractivity contribution in [1.82, 2.24) is 4.98 Å². The van der Waals surface area contributed by atoms with Gasteiger partial charge in [0.15, 0.2) is 11.5 Å². The number of aromatic hydroxyl groups is 5. The minimum Gasteiger partial charge on any atom is -0.504 e. The Morgan fingerprint density at radius 3 is 1.74 bits per heavy atom. The fourth-order valence-corrected chi connectivity index (χ4v) is 3.96. The third kappa shape index (κ3) is 1.84. The summed E-state index contributed by atoms with van der Waals surface area (Å²) in [6.45, 7) is 0. The maximum atomic E-state index is 10.1. The summed E-state index contributed by atoms with van der Waals surface area (Å²) in [6, 6.07) is 1.80. The number of benzene rings is 1. The molecule has 3 aliphatic carbocycles. The zero-order valence-electron chi connectivity index (χ0n) is 12.3. The molecular formula is C17H17NO5. The molecule has 2 aromatic rings. The van der Waals surface area contributed by atoms with Gasteiger partial charge in [-0.2, -0.15) is 0 Å². The number of aromatic nitrogens is 1. The highest BCUT2D eigenvalue weighted by molar-refractivity contribution is 5.83. The van der Waals surface area contributed by atoms with Gasteiger partial charge in [0.25, 0.3) is 0 Å². The molecule has 0 amide bonds. The molecule has 6 nitrogen and oxygen atoms in total. The zero-order valence-corrected chi connectivity index (χ0v) is 12.3. The van der Waals surface area contributed by atoms with Crippen molar-refractivity contribution in [3.05, 3.63) is 23.4 Å². The lowest BCUT2D eigenvalue weighted by atomic mass is 9.67. The fraction of sp³-hybridized carbons (Fsp3) is 0.353. The number of phenolic OH excluding ortho intramolecular Hbond substituents is 5. The van der Waals surface area contributed by atoms with E-state index in [4.69, 9.17) is 0 Å². The molecule has 0 spiro atoms. The van der Waals surface area contributed by atoms with Crippen molar-refractivity contribution in [3.8, 4) is 40.0 Å². The van der Waals surface area contributed by atoms with E-state index < -0.39 is 28.7 Å². The second-order valence-electron chi connectivity index (χ2n) is 6.37. The molecule has 1 fully saturated rings. The molecule has 0 radical (unpaired) electrons. The molecule has 23 heavy (non-hydrogen) atoms. The highest BCUT2D eigenvalue weighted by Crippen LogP contribution is 2.55. The van der Waals surface area contributed by atoms with E-state index in [1.165, 1.54) is 5.56 Å². The van der Waals surface area contributed by atoms with E-state index in [1.54, 1.807) is 12.3 Å². The Labute approximate surface area is 132 Å². The van der Waals surface area contributed by atoms with Gasteiger partial charge in [-0.15, -0.1) is 0 Å². The summed E-state index contributed by atoms with van der Waals surface area (Å²) < 4.78 is 0. The first-order valence-corrected chi connectivity index (χ1v) is 7.68. The van der Waals surface area contributed by atoms with Crippen LogP contribution in [0.5, 0.6) is 28.7 Å². The van der Waals surface area contributed by atoms with Gasteiger partial charge in [0.1, 0.15) is 0 Å². The Morgan fingerprint density at radius 1 is 0.696 bits per heavy atom. The number of fused-ring (bicyclic) bond motifs is 2. The molecule has 1 saturated carbocycles. The molecule has 1 heterocycles. The largest absolute Gasteiger partial charge is 0.504 e. The highest BCUT2D eigenvalue weighted by Gasteiger charge is 2.34. The van der Waals surface area contributed by atoms with Crippen LogP contribution in [-0.4, -0.2) is 30.5 Å². The first kappa shape index (κ1) is 14.0. The van der Waals surface area contributed by atoms with Gasteiger partial charge in [-0.05, 0) is 54.7 Å². The average molecular weight is 315 g/mol.